The van der Waals surface area contributed by atoms with E-state index in [9.17, 15) is 19.2 Å². The largest absolute Gasteiger partial charge is 0.336 e. The maximum Gasteiger partial charge on any atom is 0.245 e. The summed E-state index contributed by atoms with van der Waals surface area (Å²) < 4.78 is 0. The number of amides is 4. The predicted octanol–water partition coefficient (Wildman–Crippen LogP) is 0.700. The topological polar surface area (TPSA) is 86.8 Å². The molecule has 0 bridgehead atoms. The maximum absolute atomic E-state index is 13.4. The van der Waals surface area contributed by atoms with Gasteiger partial charge in [-0.05, 0) is 11.1 Å². The summed E-state index contributed by atoms with van der Waals surface area (Å²) in [6.07, 6.45) is 0. The molecule has 2 atom stereocenters. The van der Waals surface area contributed by atoms with Crippen LogP contribution in [0.2, 0.25) is 0 Å². The van der Waals surface area contributed by atoms with Crippen LogP contribution in [-0.4, -0.2) is 46.5 Å². The minimum Gasteiger partial charge on any atom is -0.336 e. The van der Waals surface area contributed by atoms with E-state index in [0.29, 0.717) is 0 Å². The molecule has 4 amide bonds. The molecule has 7 heteroatoms. The number of hydrogen-bond donors (Lipinski definition) is 1. The normalized spacial score (nSPS) is 28.0. The molecule has 29 heavy (non-hydrogen) atoms. The number of nitrogens with zero attached hydrogens (tertiary/aromatic N) is 2. The minimum atomic E-state index is -1.68. The Kier molecular flexibility index (Phi) is 3.65. The van der Waals surface area contributed by atoms with E-state index in [1.165, 1.54) is 9.80 Å². The maximum atomic E-state index is 13.4. The van der Waals surface area contributed by atoms with Crippen LogP contribution in [0.15, 0.2) is 60.7 Å². The third-order valence-electron chi connectivity index (χ3n) is 6.32. The van der Waals surface area contributed by atoms with Crippen LogP contribution in [0.3, 0.4) is 0 Å². The minimum absolute atomic E-state index is 0.0809. The van der Waals surface area contributed by atoms with E-state index in [1.54, 1.807) is 0 Å². The zero-order valence-electron chi connectivity index (χ0n) is 15.6. The Bertz CT molecular complexity index is 955. The molecule has 3 fully saturated rings. The lowest BCUT2D eigenvalue weighted by Crippen LogP contribution is -2.47. The molecule has 2 aromatic carbocycles. The lowest BCUT2D eigenvalue weighted by Gasteiger charge is -2.26. The lowest BCUT2D eigenvalue weighted by atomic mass is 9.69. The van der Waals surface area contributed by atoms with Crippen LogP contribution in [0.5, 0.6) is 0 Å². The lowest BCUT2D eigenvalue weighted by molar-refractivity contribution is -0.147. The van der Waals surface area contributed by atoms with Gasteiger partial charge in [-0.2, -0.15) is 0 Å². The molecule has 7 nitrogen and oxygen atoms in total. The number of benzene rings is 2. The van der Waals surface area contributed by atoms with Crippen molar-refractivity contribution < 1.29 is 19.2 Å². The van der Waals surface area contributed by atoms with Crippen LogP contribution < -0.4 is 5.32 Å². The third kappa shape index (κ3) is 2.18. The SMILES string of the molecule is O=C1NC(=O)C23CN(Cc4ccccc4)C(=O)C12CN(Cc1ccccc1)C3=O. The summed E-state index contributed by atoms with van der Waals surface area (Å²) in [6, 6.07) is 18.7. The molecule has 2 unspecified atom stereocenters. The Morgan fingerprint density at radius 1 is 0.655 bits per heavy atom. The first kappa shape index (κ1) is 17.6. The van der Waals surface area contributed by atoms with Gasteiger partial charge in [0.15, 0.2) is 10.8 Å². The van der Waals surface area contributed by atoms with Gasteiger partial charge in [-0.3, -0.25) is 24.5 Å². The highest BCUT2D eigenvalue weighted by molar-refractivity contribution is 6.31. The first-order valence-corrected chi connectivity index (χ1v) is 9.51. The smallest absolute Gasteiger partial charge is 0.245 e. The summed E-state index contributed by atoms with van der Waals surface area (Å²) in [5.74, 6) is -2.22. The molecule has 3 aliphatic heterocycles. The highest BCUT2D eigenvalue weighted by Crippen LogP contribution is 2.57. The molecule has 146 valence electrons. The van der Waals surface area contributed by atoms with Gasteiger partial charge in [0.25, 0.3) is 0 Å². The number of nitrogens with one attached hydrogen (secondary N) is 1. The van der Waals surface area contributed by atoms with E-state index in [4.69, 9.17) is 0 Å². The van der Waals surface area contributed by atoms with Gasteiger partial charge in [0.1, 0.15) is 0 Å². The average Bonchev–Trinajstić information content (AvgIpc) is 3.21. The Balaban J connectivity index is 1.52. The van der Waals surface area contributed by atoms with Crippen molar-refractivity contribution in [2.45, 2.75) is 13.1 Å². The molecular formula is C22H19N3O4. The van der Waals surface area contributed by atoms with Crippen molar-refractivity contribution in [3.8, 4) is 0 Å². The molecule has 0 aromatic heterocycles. The summed E-state index contributed by atoms with van der Waals surface area (Å²) in [5, 5.41) is 2.26. The molecule has 1 N–H and O–H groups in total. The van der Waals surface area contributed by atoms with Crippen LogP contribution >= 0.6 is 0 Å². The van der Waals surface area contributed by atoms with Gasteiger partial charge in [-0.25, -0.2) is 0 Å². The van der Waals surface area contributed by atoms with Crippen molar-refractivity contribution in [2.24, 2.45) is 10.8 Å². The molecule has 3 saturated heterocycles. The van der Waals surface area contributed by atoms with Crippen molar-refractivity contribution in [1.29, 1.82) is 0 Å². The quantitative estimate of drug-likeness (QED) is 0.616. The second-order valence-corrected chi connectivity index (χ2v) is 7.89. The van der Waals surface area contributed by atoms with Crippen molar-refractivity contribution >= 4 is 23.6 Å². The molecular weight excluding hydrogens is 370 g/mol. The van der Waals surface area contributed by atoms with Crippen LogP contribution in [0.1, 0.15) is 11.1 Å². The van der Waals surface area contributed by atoms with Gasteiger partial charge in [0.2, 0.25) is 23.6 Å². The van der Waals surface area contributed by atoms with Gasteiger partial charge in [0, 0.05) is 26.2 Å². The Hall–Kier alpha value is -3.48. The zero-order chi connectivity index (χ0) is 20.2. The summed E-state index contributed by atoms with van der Waals surface area (Å²) in [5.41, 5.74) is -1.59. The van der Waals surface area contributed by atoms with E-state index in [2.05, 4.69) is 5.32 Å². The summed E-state index contributed by atoms with van der Waals surface area (Å²) in [4.78, 5) is 55.5. The number of imide groups is 1. The fourth-order valence-electron chi connectivity index (χ4n) is 4.93. The standard InChI is InChI=1S/C22H19N3O4/c26-17-21-13-24(11-15-7-3-1-4-8-15)19(28)22(21,18(27)23-17)14-25(20(21)29)12-16-9-5-2-6-10-16/h1-10H,11-14H2,(H,23,26,27). The van der Waals surface area contributed by atoms with Gasteiger partial charge < -0.3 is 9.80 Å². The van der Waals surface area contributed by atoms with Crippen LogP contribution in [0.4, 0.5) is 0 Å². The molecule has 5 rings (SSSR count). The van der Waals surface area contributed by atoms with Crippen LogP contribution in [-0.2, 0) is 32.3 Å². The van der Waals surface area contributed by atoms with Gasteiger partial charge in [0.05, 0.1) is 0 Å². The van der Waals surface area contributed by atoms with Crippen molar-refractivity contribution in [3.05, 3.63) is 71.8 Å². The first-order chi connectivity index (χ1) is 14.0. The number of carbonyl (C=O) groups is 4. The Morgan fingerprint density at radius 2 is 1.03 bits per heavy atom. The van der Waals surface area contributed by atoms with E-state index in [-0.39, 0.29) is 26.2 Å². The third-order valence-corrected chi connectivity index (χ3v) is 6.32. The Morgan fingerprint density at radius 3 is 1.41 bits per heavy atom. The fraction of sp³-hybridized carbons (Fsp3) is 0.273. The van der Waals surface area contributed by atoms with E-state index >= 15 is 0 Å². The zero-order valence-corrected chi connectivity index (χ0v) is 15.6. The van der Waals surface area contributed by atoms with Crippen molar-refractivity contribution in [3.63, 3.8) is 0 Å². The van der Waals surface area contributed by atoms with Crippen molar-refractivity contribution in [2.75, 3.05) is 13.1 Å². The average molecular weight is 389 g/mol. The highest BCUT2D eigenvalue weighted by atomic mass is 16.2. The fourth-order valence-corrected chi connectivity index (χ4v) is 4.93. The number of rotatable bonds is 4. The van der Waals surface area contributed by atoms with Gasteiger partial charge >= 0.3 is 0 Å². The van der Waals surface area contributed by atoms with Crippen molar-refractivity contribution in [1.82, 2.24) is 15.1 Å². The number of hydrogen-bond acceptors (Lipinski definition) is 4. The predicted molar refractivity (Wildman–Crippen MR) is 102 cm³/mol. The molecule has 0 aliphatic carbocycles. The second-order valence-electron chi connectivity index (χ2n) is 7.89. The molecule has 2 aromatic rings. The first-order valence-electron chi connectivity index (χ1n) is 9.51. The summed E-state index contributed by atoms with van der Waals surface area (Å²) in [6.45, 7) is 0.357. The van der Waals surface area contributed by atoms with Gasteiger partial charge in [-0.15, -0.1) is 0 Å². The number of carbonyl (C=O) groups excluding carboxylic acids is 4. The Labute approximate surface area is 167 Å². The molecule has 0 saturated carbocycles. The van der Waals surface area contributed by atoms with E-state index in [1.807, 2.05) is 60.7 Å². The van der Waals surface area contributed by atoms with Crippen LogP contribution in [0.25, 0.3) is 0 Å². The highest BCUT2D eigenvalue weighted by Gasteiger charge is 2.83. The molecule has 0 radical (unpaired) electrons. The van der Waals surface area contributed by atoms with Crippen LogP contribution in [0, 0.1) is 10.8 Å². The molecule has 3 aliphatic rings. The molecule has 0 spiro atoms. The molecule has 3 heterocycles. The monoisotopic (exact) mass is 389 g/mol. The summed E-state index contributed by atoms with van der Waals surface area (Å²) in [7, 11) is 0. The van der Waals surface area contributed by atoms with Gasteiger partial charge in [-0.1, -0.05) is 60.7 Å². The van der Waals surface area contributed by atoms with E-state index < -0.39 is 34.5 Å². The second kappa shape index (κ2) is 6.01. The summed E-state index contributed by atoms with van der Waals surface area (Å²) >= 11 is 0. The van der Waals surface area contributed by atoms with E-state index in [0.717, 1.165) is 11.1 Å². The number of likely N-dealkylation sites (tertiary alicyclic amines) is 2.